The number of hydrogen-bond donors (Lipinski definition) is 3. The van der Waals surface area contributed by atoms with Crippen molar-refractivity contribution >= 4 is 28.5 Å². The van der Waals surface area contributed by atoms with Crippen LogP contribution < -0.4 is 10.6 Å². The molecule has 3 N–H and O–H groups in total. The first kappa shape index (κ1) is 28.6. The van der Waals surface area contributed by atoms with Crippen LogP contribution in [0.1, 0.15) is 43.9 Å². The number of aromatic nitrogens is 3. The number of anilines is 2. The molecule has 1 aromatic carbocycles. The molecule has 11 heteroatoms. The summed E-state index contributed by atoms with van der Waals surface area (Å²) in [4.78, 5) is 26.9. The van der Waals surface area contributed by atoms with Gasteiger partial charge >= 0.3 is 5.97 Å². The smallest absolute Gasteiger partial charge is 0.326 e. The van der Waals surface area contributed by atoms with E-state index < -0.39 is 23.6 Å². The number of carboxylic acid groups (broad SMARTS) is 1. The molecule has 2 atom stereocenters. The number of fused-ring (bicyclic) bond motifs is 2. The third-order valence-corrected chi connectivity index (χ3v) is 7.07. The number of carbonyl (C=O) groups is 1. The van der Waals surface area contributed by atoms with Crippen LogP contribution in [0, 0.1) is 11.6 Å². The van der Waals surface area contributed by atoms with Crippen LogP contribution in [0.5, 0.6) is 0 Å². The minimum Gasteiger partial charge on any atom is -0.480 e. The molecule has 0 amide bonds. The number of methoxy groups -OCH3 is 1. The van der Waals surface area contributed by atoms with Crippen LogP contribution in [-0.4, -0.2) is 76.4 Å². The molecule has 1 unspecified atom stereocenters. The Balaban J connectivity index is 1.35. The normalized spacial score (nSPS) is 14.6. The molecule has 4 rings (SSSR count). The summed E-state index contributed by atoms with van der Waals surface area (Å²) in [5.74, 6) is -2.02. The SMILES string of the molecule is CO[C@H](C)CN(CCCCc1ccc2c(n1)NCCC2)CCC(Nc1ncnc2c(F)c(F)ccc12)C(=O)O. The van der Waals surface area contributed by atoms with Gasteiger partial charge in [-0.2, -0.15) is 0 Å². The van der Waals surface area contributed by atoms with E-state index in [2.05, 4.69) is 37.6 Å². The number of ether oxygens (including phenoxy) is 1. The number of hydrogen-bond acceptors (Lipinski definition) is 8. The van der Waals surface area contributed by atoms with Crippen LogP contribution in [0.15, 0.2) is 30.6 Å². The summed E-state index contributed by atoms with van der Waals surface area (Å²) >= 11 is 0. The van der Waals surface area contributed by atoms with Gasteiger partial charge in [-0.3, -0.25) is 0 Å². The fraction of sp³-hybridized carbons (Fsp3) is 0.500. The molecular formula is C28H36F2N6O3. The van der Waals surface area contributed by atoms with Gasteiger partial charge in [-0.25, -0.2) is 28.5 Å². The molecule has 1 aliphatic rings. The Labute approximate surface area is 227 Å². The summed E-state index contributed by atoms with van der Waals surface area (Å²) in [7, 11) is 1.66. The first-order valence-electron chi connectivity index (χ1n) is 13.4. The van der Waals surface area contributed by atoms with Gasteiger partial charge in [0.2, 0.25) is 0 Å². The van der Waals surface area contributed by atoms with Crippen LogP contribution >= 0.6 is 0 Å². The lowest BCUT2D eigenvalue weighted by molar-refractivity contribution is -0.138. The highest BCUT2D eigenvalue weighted by Crippen LogP contribution is 2.24. The van der Waals surface area contributed by atoms with E-state index in [9.17, 15) is 18.7 Å². The lowest BCUT2D eigenvalue weighted by Crippen LogP contribution is -2.38. The van der Waals surface area contributed by atoms with Gasteiger partial charge in [-0.05, 0) is 75.8 Å². The minimum atomic E-state index is -1.09. The highest BCUT2D eigenvalue weighted by Gasteiger charge is 2.22. The van der Waals surface area contributed by atoms with Crippen LogP contribution in [0.3, 0.4) is 0 Å². The maximum Gasteiger partial charge on any atom is 0.326 e. The summed E-state index contributed by atoms with van der Waals surface area (Å²) in [5.41, 5.74) is 2.15. The molecule has 39 heavy (non-hydrogen) atoms. The van der Waals surface area contributed by atoms with Crippen molar-refractivity contribution in [2.45, 2.75) is 57.6 Å². The quantitative estimate of drug-likeness (QED) is 0.257. The number of aliphatic carboxylic acids is 1. The van der Waals surface area contributed by atoms with Gasteiger partial charge in [0.1, 0.15) is 29.5 Å². The Hall–Kier alpha value is -3.44. The lowest BCUT2D eigenvalue weighted by Gasteiger charge is -2.27. The molecule has 0 bridgehead atoms. The van der Waals surface area contributed by atoms with Gasteiger partial charge < -0.3 is 25.4 Å². The van der Waals surface area contributed by atoms with E-state index >= 15 is 0 Å². The highest BCUT2D eigenvalue weighted by atomic mass is 19.2. The molecule has 1 aliphatic heterocycles. The van der Waals surface area contributed by atoms with Crippen LogP contribution in [0.2, 0.25) is 0 Å². The zero-order valence-corrected chi connectivity index (χ0v) is 22.4. The van der Waals surface area contributed by atoms with Crippen molar-refractivity contribution in [3.63, 3.8) is 0 Å². The number of pyridine rings is 1. The van der Waals surface area contributed by atoms with Crippen LogP contribution in [0.25, 0.3) is 10.9 Å². The zero-order chi connectivity index (χ0) is 27.8. The molecule has 0 saturated heterocycles. The second-order valence-electron chi connectivity index (χ2n) is 9.95. The molecule has 210 valence electrons. The van der Waals surface area contributed by atoms with Crippen molar-refractivity contribution in [2.75, 3.05) is 43.9 Å². The molecule has 0 aliphatic carbocycles. The zero-order valence-electron chi connectivity index (χ0n) is 22.4. The topological polar surface area (TPSA) is 113 Å². The van der Waals surface area contributed by atoms with Gasteiger partial charge in [0.15, 0.2) is 11.6 Å². The number of rotatable bonds is 14. The standard InChI is InChI=1S/C28H36F2N6O3/c1-18(39-2)16-36(14-4-3-7-20-9-8-19-6-5-13-31-26(19)34-20)15-12-23(28(37)38)35-27-21-10-11-22(29)24(30)25(21)32-17-33-27/h8-11,17-18,23H,3-7,12-16H2,1-2H3,(H,31,34)(H,37,38)(H,32,33,35)/t18-,23?/m1/s1. The molecule has 0 saturated carbocycles. The van der Waals surface area contributed by atoms with E-state index in [1.54, 1.807) is 7.11 Å². The van der Waals surface area contributed by atoms with Crippen molar-refractivity contribution in [1.82, 2.24) is 19.9 Å². The van der Waals surface area contributed by atoms with Crippen molar-refractivity contribution in [2.24, 2.45) is 0 Å². The predicted molar refractivity (Wildman–Crippen MR) is 146 cm³/mol. The number of benzene rings is 1. The third kappa shape index (κ3) is 7.57. The Kier molecular flexibility index (Phi) is 9.94. The number of carboxylic acids is 1. The summed E-state index contributed by atoms with van der Waals surface area (Å²) in [6, 6.07) is 5.61. The average Bonchev–Trinajstić information content (AvgIpc) is 2.94. The van der Waals surface area contributed by atoms with Crippen molar-refractivity contribution < 1.29 is 23.4 Å². The number of aryl methyl sites for hydroxylation is 2. The number of unbranched alkanes of at least 4 members (excludes halogenated alkanes) is 1. The van der Waals surface area contributed by atoms with Gasteiger partial charge in [0.05, 0.1) is 6.10 Å². The van der Waals surface area contributed by atoms with E-state index in [0.29, 0.717) is 13.1 Å². The maximum absolute atomic E-state index is 14.2. The molecule has 9 nitrogen and oxygen atoms in total. The summed E-state index contributed by atoms with van der Waals surface area (Å²) < 4.78 is 33.3. The molecular weight excluding hydrogens is 506 g/mol. The summed E-state index contributed by atoms with van der Waals surface area (Å²) in [6.45, 7) is 4.88. The van der Waals surface area contributed by atoms with Crippen molar-refractivity contribution in [3.05, 3.63) is 53.5 Å². The fourth-order valence-corrected chi connectivity index (χ4v) is 4.80. The fourth-order valence-electron chi connectivity index (χ4n) is 4.80. The van der Waals surface area contributed by atoms with Gasteiger partial charge in [-0.15, -0.1) is 0 Å². The Morgan fingerprint density at radius 1 is 1.21 bits per heavy atom. The first-order valence-corrected chi connectivity index (χ1v) is 13.4. The molecule has 3 aromatic rings. The predicted octanol–water partition coefficient (Wildman–Crippen LogP) is 4.28. The number of nitrogens with zero attached hydrogens (tertiary/aromatic N) is 4. The molecule has 3 heterocycles. The van der Waals surface area contributed by atoms with Crippen LogP contribution in [0.4, 0.5) is 20.4 Å². The van der Waals surface area contributed by atoms with E-state index in [4.69, 9.17) is 9.72 Å². The average molecular weight is 543 g/mol. The van der Waals surface area contributed by atoms with E-state index in [-0.39, 0.29) is 29.2 Å². The summed E-state index contributed by atoms with van der Waals surface area (Å²) in [5, 5.41) is 16.4. The molecule has 0 radical (unpaired) electrons. The second kappa shape index (κ2) is 13.6. The summed E-state index contributed by atoms with van der Waals surface area (Å²) in [6.07, 6.45) is 6.31. The van der Waals surface area contributed by atoms with Crippen molar-refractivity contribution in [3.8, 4) is 0 Å². The number of nitrogens with one attached hydrogen (secondary N) is 2. The van der Waals surface area contributed by atoms with Gasteiger partial charge in [-0.1, -0.05) is 6.07 Å². The molecule has 0 spiro atoms. The van der Waals surface area contributed by atoms with Crippen LogP contribution in [-0.2, 0) is 22.4 Å². The minimum absolute atomic E-state index is 0.0155. The maximum atomic E-state index is 14.2. The highest BCUT2D eigenvalue weighted by molar-refractivity contribution is 5.91. The third-order valence-electron chi connectivity index (χ3n) is 7.07. The Morgan fingerprint density at radius 3 is 2.85 bits per heavy atom. The largest absolute Gasteiger partial charge is 0.480 e. The Bertz CT molecular complexity index is 1280. The van der Waals surface area contributed by atoms with Gasteiger partial charge in [0, 0.05) is 37.8 Å². The second-order valence-corrected chi connectivity index (χ2v) is 9.95. The Morgan fingerprint density at radius 2 is 2.05 bits per heavy atom. The first-order chi connectivity index (χ1) is 18.9. The number of halogens is 2. The molecule has 2 aromatic heterocycles. The molecule has 0 fully saturated rings. The van der Waals surface area contributed by atoms with E-state index in [1.807, 2.05) is 6.92 Å². The van der Waals surface area contributed by atoms with E-state index in [1.165, 1.54) is 11.6 Å². The van der Waals surface area contributed by atoms with E-state index in [0.717, 1.165) is 69.1 Å². The monoisotopic (exact) mass is 542 g/mol. The lowest BCUT2D eigenvalue weighted by atomic mass is 10.1. The van der Waals surface area contributed by atoms with Crippen molar-refractivity contribution in [1.29, 1.82) is 0 Å². The van der Waals surface area contributed by atoms with Gasteiger partial charge in [0.25, 0.3) is 0 Å².